The molecule has 0 saturated carbocycles. The fourth-order valence-electron chi connectivity index (χ4n) is 0.262. The van der Waals surface area contributed by atoms with E-state index in [9.17, 15) is 9.59 Å². The molecular weight excluding hydrogens is 378 g/mol. The Hall–Kier alpha value is -1.40. The minimum Gasteiger partial charge on any atom is -0.478 e. The zero-order valence-corrected chi connectivity index (χ0v) is 14.2. The van der Waals surface area contributed by atoms with E-state index < -0.39 is 27.6 Å². The Balaban J connectivity index is -0.000000116. The van der Waals surface area contributed by atoms with Crippen molar-refractivity contribution in [2.24, 2.45) is 0 Å². The van der Waals surface area contributed by atoms with Crippen LogP contribution in [0.25, 0.3) is 0 Å². The molecule has 0 unspecified atom stereocenters. The van der Waals surface area contributed by atoms with Gasteiger partial charge in [0.25, 0.3) is 0 Å². The molecule has 0 heterocycles. The minimum atomic E-state index is -4.64. The van der Waals surface area contributed by atoms with Crippen molar-refractivity contribution < 1.29 is 63.0 Å². The summed E-state index contributed by atoms with van der Waals surface area (Å²) < 4.78 is 22.2. The van der Waals surface area contributed by atoms with E-state index in [1.807, 2.05) is 0 Å². The minimum absolute atomic E-state index is 0.0473. The van der Waals surface area contributed by atoms with Crippen LogP contribution in [0.1, 0.15) is 6.92 Å². The Morgan fingerprint density at radius 3 is 1.42 bits per heavy atom. The van der Waals surface area contributed by atoms with E-state index in [0.717, 1.165) is 6.08 Å². The number of aliphatic hydroxyl groups is 1. The molecule has 0 rings (SSSR count). The third kappa shape index (κ3) is 107. The fraction of sp³-hybridized carbons (Fsp3) is 0.333. The summed E-state index contributed by atoms with van der Waals surface area (Å²) in [7, 11) is -9.28. The number of phosphoric acid groups is 2. The summed E-state index contributed by atoms with van der Waals surface area (Å²) in [6, 6.07) is 0. The zero-order chi connectivity index (χ0) is 20.6. The first-order chi connectivity index (χ1) is 10.5. The van der Waals surface area contributed by atoms with Gasteiger partial charge in [-0.1, -0.05) is 13.2 Å². The maximum atomic E-state index is 10.5. The molecule has 0 aromatic carbocycles. The van der Waals surface area contributed by atoms with Crippen molar-refractivity contribution in [3.05, 3.63) is 24.8 Å². The molecule has 8 N–H and O–H groups in total. The average Bonchev–Trinajstić information content (AvgIpc) is 2.32. The summed E-state index contributed by atoms with van der Waals surface area (Å²) in [6.45, 7) is 7.78. The molecule has 0 amide bonds. The summed E-state index contributed by atoms with van der Waals surface area (Å²) in [5, 5.41) is 15.8. The van der Waals surface area contributed by atoms with Gasteiger partial charge in [-0.3, -0.25) is 0 Å². The van der Waals surface area contributed by atoms with E-state index in [2.05, 4.69) is 17.9 Å². The molecule has 0 saturated heterocycles. The van der Waals surface area contributed by atoms with Gasteiger partial charge >= 0.3 is 27.6 Å². The molecule has 0 aromatic rings. The molecule has 15 heteroatoms. The van der Waals surface area contributed by atoms with E-state index in [0.29, 0.717) is 5.57 Å². The molecule has 0 bridgehead atoms. The molecule has 0 aliphatic rings. The van der Waals surface area contributed by atoms with Gasteiger partial charge in [-0.2, -0.15) is 0 Å². The zero-order valence-electron chi connectivity index (χ0n) is 12.4. The van der Waals surface area contributed by atoms with Gasteiger partial charge < -0.3 is 44.3 Å². The molecule has 24 heavy (non-hydrogen) atoms. The predicted octanol–water partition coefficient (Wildman–Crippen LogP) is -1.50. The van der Waals surface area contributed by atoms with Gasteiger partial charge in [-0.25, -0.2) is 18.7 Å². The number of aliphatic hydroxyl groups excluding tert-OH is 1. The first-order valence-corrected chi connectivity index (χ1v) is 8.44. The van der Waals surface area contributed by atoms with Crippen LogP contribution in [0.2, 0.25) is 0 Å². The van der Waals surface area contributed by atoms with E-state index in [1.165, 1.54) is 0 Å². The lowest BCUT2D eigenvalue weighted by Gasteiger charge is -1.99. The smallest absolute Gasteiger partial charge is 0.466 e. The molecule has 0 atom stereocenters. The van der Waals surface area contributed by atoms with Gasteiger partial charge in [-0.15, -0.1) is 0 Å². The second-order valence-corrected chi connectivity index (χ2v) is 5.26. The van der Waals surface area contributed by atoms with Crippen LogP contribution in [0.15, 0.2) is 24.8 Å². The first-order valence-electron chi connectivity index (χ1n) is 5.31. The predicted molar refractivity (Wildman–Crippen MR) is 79.2 cm³/mol. The second kappa shape index (κ2) is 16.5. The maximum Gasteiger partial charge on any atom is 0.466 e. The van der Waals surface area contributed by atoms with E-state index in [-0.39, 0.29) is 13.2 Å². The lowest BCUT2D eigenvalue weighted by molar-refractivity contribution is -0.139. The number of carbonyl (C=O) groups excluding carboxylic acids is 1. The number of hydrogen-bond donors (Lipinski definition) is 8. The van der Waals surface area contributed by atoms with Crippen LogP contribution in [0.3, 0.4) is 0 Å². The number of rotatable bonds is 4. The standard InChI is InChI=1S/C6H10O3.C3H4O2.2H3O4P/c1-5(2)6(8)9-4-3-7;1-2-3(4)5;2*1-5(2,3)4/h7H,1,3-4H2,2H3;2H,1H2,(H,4,5);2*(H3,1,2,3,4). The second-order valence-electron chi connectivity index (χ2n) is 3.21. The number of hydrogen-bond acceptors (Lipinski definition) is 6. The Labute approximate surface area is 136 Å². The number of aliphatic carboxylic acids is 1. The third-order valence-corrected chi connectivity index (χ3v) is 0.848. The van der Waals surface area contributed by atoms with Crippen molar-refractivity contribution in [3.63, 3.8) is 0 Å². The molecule has 0 aromatic heterocycles. The molecule has 0 fully saturated rings. The van der Waals surface area contributed by atoms with Crippen molar-refractivity contribution >= 4 is 27.6 Å². The van der Waals surface area contributed by atoms with Gasteiger partial charge in [0.2, 0.25) is 0 Å². The number of carboxylic acid groups (broad SMARTS) is 1. The topological polar surface area (TPSA) is 239 Å². The van der Waals surface area contributed by atoms with Gasteiger partial charge in [-0.05, 0) is 6.92 Å². The lowest BCUT2D eigenvalue weighted by Crippen LogP contribution is -2.08. The first kappa shape index (κ1) is 30.5. The SMILES string of the molecule is C=C(C)C(=O)OCCO.C=CC(=O)O.O=P(O)(O)O.O=P(O)(O)O. The van der Waals surface area contributed by atoms with Crippen LogP contribution >= 0.6 is 15.6 Å². The highest BCUT2D eigenvalue weighted by atomic mass is 31.2. The Bertz CT molecular complexity index is 437. The summed E-state index contributed by atoms with van der Waals surface area (Å²) in [5.41, 5.74) is 0.350. The van der Waals surface area contributed by atoms with Crippen LogP contribution in [0.4, 0.5) is 0 Å². The molecule has 0 radical (unpaired) electrons. The molecule has 0 aliphatic heterocycles. The highest BCUT2D eigenvalue weighted by Gasteiger charge is 2.01. The van der Waals surface area contributed by atoms with Gasteiger partial charge in [0.1, 0.15) is 6.61 Å². The van der Waals surface area contributed by atoms with Gasteiger partial charge in [0.15, 0.2) is 0 Å². The third-order valence-electron chi connectivity index (χ3n) is 0.848. The summed E-state index contributed by atoms with van der Waals surface area (Å²) >= 11 is 0. The maximum absolute atomic E-state index is 10.5. The van der Waals surface area contributed by atoms with E-state index >= 15 is 0 Å². The van der Waals surface area contributed by atoms with Crippen molar-refractivity contribution in [2.45, 2.75) is 6.92 Å². The number of esters is 1. The van der Waals surface area contributed by atoms with Crippen molar-refractivity contribution in [3.8, 4) is 0 Å². The summed E-state index contributed by atoms with van der Waals surface area (Å²) in [4.78, 5) is 62.8. The fourth-order valence-corrected chi connectivity index (χ4v) is 0.262. The summed E-state index contributed by atoms with van der Waals surface area (Å²) in [6.07, 6.45) is 0.833. The van der Waals surface area contributed by atoms with Crippen LogP contribution in [0.5, 0.6) is 0 Å². The summed E-state index contributed by atoms with van der Waals surface area (Å²) in [5.74, 6) is -1.44. The largest absolute Gasteiger partial charge is 0.478 e. The van der Waals surface area contributed by atoms with Crippen molar-refractivity contribution in [2.75, 3.05) is 13.2 Å². The molecular formula is C9H20O13P2. The highest BCUT2D eigenvalue weighted by molar-refractivity contribution is 7.45. The normalized spacial score (nSPS) is 9.50. The number of ether oxygens (including phenoxy) is 1. The monoisotopic (exact) mass is 398 g/mol. The Morgan fingerprint density at radius 2 is 1.29 bits per heavy atom. The Morgan fingerprint density at radius 1 is 1.04 bits per heavy atom. The van der Waals surface area contributed by atoms with Crippen LogP contribution in [-0.4, -0.2) is 64.7 Å². The molecule has 0 spiro atoms. The van der Waals surface area contributed by atoms with Crippen LogP contribution in [-0.2, 0) is 23.5 Å². The van der Waals surface area contributed by atoms with Crippen molar-refractivity contribution in [1.82, 2.24) is 0 Å². The lowest BCUT2D eigenvalue weighted by atomic mass is 10.4. The highest BCUT2D eigenvalue weighted by Crippen LogP contribution is 2.26. The molecule has 144 valence electrons. The molecule has 0 aliphatic carbocycles. The Kier molecular flexibility index (Phi) is 20.9. The van der Waals surface area contributed by atoms with Crippen LogP contribution in [0, 0.1) is 0 Å². The number of carboxylic acids is 1. The van der Waals surface area contributed by atoms with Gasteiger partial charge in [0, 0.05) is 11.6 Å². The average molecular weight is 398 g/mol. The van der Waals surface area contributed by atoms with Crippen LogP contribution < -0.4 is 0 Å². The quantitative estimate of drug-likeness (QED) is 0.153. The number of carbonyl (C=O) groups is 2. The van der Waals surface area contributed by atoms with Gasteiger partial charge in [0.05, 0.1) is 6.61 Å². The van der Waals surface area contributed by atoms with E-state index in [1.54, 1.807) is 6.92 Å². The van der Waals surface area contributed by atoms with Crippen molar-refractivity contribution in [1.29, 1.82) is 0 Å². The van der Waals surface area contributed by atoms with E-state index in [4.69, 9.17) is 48.7 Å². The molecule has 13 nitrogen and oxygen atoms in total.